The van der Waals surface area contributed by atoms with Crippen molar-refractivity contribution >= 4 is 34.8 Å². The first-order chi connectivity index (χ1) is 17.2. The van der Waals surface area contributed by atoms with Gasteiger partial charge in [0.1, 0.15) is 31.2 Å². The quantitative estimate of drug-likeness (QED) is 0.516. The van der Waals surface area contributed by atoms with E-state index in [9.17, 15) is 23.2 Å². The zero-order valence-corrected chi connectivity index (χ0v) is 19.8. The number of aliphatic hydroxyl groups is 1. The molecule has 0 saturated carbocycles. The molecular weight excluding hydrogens is 498 g/mol. The Hall–Kier alpha value is -3.83. The molecule has 0 radical (unpaired) electrons. The number of carbonyl (C=O) groups excluding carboxylic acids is 2. The first-order valence-corrected chi connectivity index (χ1v) is 11.2. The van der Waals surface area contributed by atoms with Crippen molar-refractivity contribution in [2.45, 2.75) is 26.5 Å². The predicted molar refractivity (Wildman–Crippen MR) is 127 cm³/mol. The van der Waals surface area contributed by atoms with Crippen molar-refractivity contribution in [3.05, 3.63) is 80.9 Å². The molecule has 0 aliphatic carbocycles. The van der Waals surface area contributed by atoms with Crippen molar-refractivity contribution < 1.29 is 28.2 Å². The molecule has 1 aliphatic rings. The molecule has 0 unspecified atom stereocenters. The lowest BCUT2D eigenvalue weighted by atomic mass is 10.1. The molecule has 0 spiro atoms. The van der Waals surface area contributed by atoms with E-state index < -0.39 is 17.2 Å². The SMILES string of the molecule is CC(=O)N1CN(C(=O)CCO)c2ccc(Cn3cnc(OCc4ccc(F)cc4F)c(Cl)c3=O)cc21. The number of amides is 2. The number of benzene rings is 2. The van der Waals surface area contributed by atoms with Crippen LogP contribution < -0.4 is 20.1 Å². The van der Waals surface area contributed by atoms with Gasteiger partial charge in [-0.15, -0.1) is 0 Å². The van der Waals surface area contributed by atoms with Crippen molar-refractivity contribution in [3.8, 4) is 5.88 Å². The maximum atomic E-state index is 13.8. The van der Waals surface area contributed by atoms with Crippen molar-refractivity contribution in [1.29, 1.82) is 0 Å². The van der Waals surface area contributed by atoms with Gasteiger partial charge in [-0.3, -0.25) is 28.8 Å². The summed E-state index contributed by atoms with van der Waals surface area (Å²) in [5.74, 6) is -2.31. The molecule has 4 rings (SSSR count). The second-order valence-electron chi connectivity index (χ2n) is 8.03. The van der Waals surface area contributed by atoms with Crippen LogP contribution in [0.15, 0.2) is 47.5 Å². The van der Waals surface area contributed by atoms with E-state index in [-0.39, 0.29) is 61.1 Å². The number of hydrogen-bond acceptors (Lipinski definition) is 6. The van der Waals surface area contributed by atoms with Gasteiger partial charge in [-0.25, -0.2) is 13.8 Å². The van der Waals surface area contributed by atoms with Crippen molar-refractivity contribution in [3.63, 3.8) is 0 Å². The van der Waals surface area contributed by atoms with E-state index in [0.717, 1.165) is 12.1 Å². The third-order valence-corrected chi connectivity index (χ3v) is 5.92. The van der Waals surface area contributed by atoms with Crippen LogP contribution in [0, 0.1) is 11.6 Å². The smallest absolute Gasteiger partial charge is 0.276 e. The van der Waals surface area contributed by atoms with Gasteiger partial charge < -0.3 is 9.84 Å². The van der Waals surface area contributed by atoms with Crippen molar-refractivity contribution in [1.82, 2.24) is 9.55 Å². The van der Waals surface area contributed by atoms with E-state index >= 15 is 0 Å². The fourth-order valence-corrected chi connectivity index (χ4v) is 3.97. The van der Waals surface area contributed by atoms with E-state index in [1.807, 2.05) is 0 Å². The highest BCUT2D eigenvalue weighted by atomic mass is 35.5. The van der Waals surface area contributed by atoms with E-state index in [1.165, 1.54) is 33.7 Å². The Bertz CT molecular complexity index is 1400. The van der Waals surface area contributed by atoms with Gasteiger partial charge >= 0.3 is 0 Å². The second-order valence-corrected chi connectivity index (χ2v) is 8.41. The summed E-state index contributed by atoms with van der Waals surface area (Å²) in [6.45, 7) is 0.849. The van der Waals surface area contributed by atoms with Gasteiger partial charge in [0.15, 0.2) is 5.02 Å². The minimum absolute atomic E-state index is 0.0287. The lowest BCUT2D eigenvalue weighted by molar-refractivity contribution is -0.119. The lowest BCUT2D eigenvalue weighted by Crippen LogP contribution is -2.37. The first kappa shape index (κ1) is 25.3. The fourth-order valence-electron chi connectivity index (χ4n) is 3.76. The Kier molecular flexibility index (Phi) is 7.32. The van der Waals surface area contributed by atoms with Gasteiger partial charge in [0.05, 0.1) is 30.9 Å². The van der Waals surface area contributed by atoms with Gasteiger partial charge in [-0.05, 0) is 29.8 Å². The molecule has 1 aliphatic heterocycles. The highest BCUT2D eigenvalue weighted by molar-refractivity contribution is 6.31. The van der Waals surface area contributed by atoms with Crippen molar-refractivity contribution in [2.75, 3.05) is 23.1 Å². The second kappa shape index (κ2) is 10.4. The van der Waals surface area contributed by atoms with Crippen molar-refractivity contribution in [2.24, 2.45) is 0 Å². The Balaban J connectivity index is 1.55. The molecule has 12 heteroatoms. The van der Waals surface area contributed by atoms with Crippen LogP contribution in [-0.2, 0) is 22.7 Å². The maximum absolute atomic E-state index is 13.8. The van der Waals surface area contributed by atoms with Gasteiger partial charge in [0, 0.05) is 18.6 Å². The van der Waals surface area contributed by atoms with Crippen LogP contribution in [0.4, 0.5) is 20.2 Å². The molecule has 1 N–H and O–H groups in total. The summed E-state index contributed by atoms with van der Waals surface area (Å²) in [5, 5.41) is 8.78. The lowest BCUT2D eigenvalue weighted by Gasteiger charge is -2.17. The summed E-state index contributed by atoms with van der Waals surface area (Å²) < 4.78 is 33.5. The molecular formula is C24H21ClF2N4O5. The largest absolute Gasteiger partial charge is 0.471 e. The minimum Gasteiger partial charge on any atom is -0.471 e. The van der Waals surface area contributed by atoms with Crippen LogP contribution in [-0.4, -0.2) is 39.7 Å². The highest BCUT2D eigenvalue weighted by Crippen LogP contribution is 2.37. The number of hydrogen-bond donors (Lipinski definition) is 1. The molecule has 188 valence electrons. The normalized spacial score (nSPS) is 12.6. The summed E-state index contributed by atoms with van der Waals surface area (Å²) in [5.41, 5.74) is 1.12. The predicted octanol–water partition coefficient (Wildman–Crippen LogP) is 2.84. The van der Waals surface area contributed by atoms with E-state index in [2.05, 4.69) is 4.98 Å². The average molecular weight is 519 g/mol. The van der Waals surface area contributed by atoms with E-state index in [0.29, 0.717) is 16.9 Å². The molecule has 2 heterocycles. The van der Waals surface area contributed by atoms with Gasteiger partial charge in [-0.2, -0.15) is 0 Å². The number of aliphatic hydroxyl groups excluding tert-OH is 1. The molecule has 0 saturated heterocycles. The topological polar surface area (TPSA) is 105 Å². The van der Waals surface area contributed by atoms with Gasteiger partial charge in [-0.1, -0.05) is 17.7 Å². The number of fused-ring (bicyclic) bond motifs is 1. The van der Waals surface area contributed by atoms with Gasteiger partial charge in [0.25, 0.3) is 5.56 Å². The van der Waals surface area contributed by atoms with Crippen LogP contribution in [0.3, 0.4) is 0 Å². The summed E-state index contributed by atoms with van der Waals surface area (Å²) >= 11 is 6.15. The third kappa shape index (κ3) is 5.07. The average Bonchev–Trinajstić information content (AvgIpc) is 3.22. The molecule has 0 fully saturated rings. The summed E-state index contributed by atoms with van der Waals surface area (Å²) in [6.07, 6.45) is 1.15. The van der Waals surface area contributed by atoms with Crippen LogP contribution in [0.2, 0.25) is 5.02 Å². The number of aromatic nitrogens is 2. The zero-order chi connectivity index (χ0) is 26.0. The molecule has 3 aromatic rings. The summed E-state index contributed by atoms with van der Waals surface area (Å²) in [7, 11) is 0. The maximum Gasteiger partial charge on any atom is 0.276 e. The molecule has 2 aromatic carbocycles. The third-order valence-electron chi connectivity index (χ3n) is 5.59. The monoisotopic (exact) mass is 518 g/mol. The number of halogens is 3. The highest BCUT2D eigenvalue weighted by Gasteiger charge is 2.32. The Morgan fingerprint density at radius 3 is 2.61 bits per heavy atom. The molecule has 0 atom stereocenters. The Morgan fingerprint density at radius 1 is 1.14 bits per heavy atom. The number of ether oxygens (including phenoxy) is 1. The molecule has 0 bridgehead atoms. The van der Waals surface area contributed by atoms with Crippen LogP contribution >= 0.6 is 11.6 Å². The number of carbonyl (C=O) groups is 2. The standard InChI is InChI=1S/C24H21ClF2N4O5/c1-14(33)30-13-31(21(34)6-7-32)19-5-2-15(8-20(19)30)10-29-12-28-23(22(25)24(29)35)36-11-16-3-4-17(26)9-18(16)27/h2-5,8-9,12,32H,6-7,10-11,13H2,1H3. The fraction of sp³-hybridized carbons (Fsp3) is 0.250. The molecule has 1 aromatic heterocycles. The first-order valence-electron chi connectivity index (χ1n) is 10.8. The number of nitrogens with zero attached hydrogens (tertiary/aromatic N) is 4. The van der Waals surface area contributed by atoms with Crippen LogP contribution in [0.5, 0.6) is 5.88 Å². The van der Waals surface area contributed by atoms with Crippen LogP contribution in [0.1, 0.15) is 24.5 Å². The van der Waals surface area contributed by atoms with E-state index in [4.69, 9.17) is 21.4 Å². The molecule has 9 nitrogen and oxygen atoms in total. The summed E-state index contributed by atoms with van der Waals surface area (Å²) in [6, 6.07) is 8.07. The van der Waals surface area contributed by atoms with E-state index in [1.54, 1.807) is 18.2 Å². The van der Waals surface area contributed by atoms with Crippen LogP contribution in [0.25, 0.3) is 0 Å². The minimum atomic E-state index is -0.799. The summed E-state index contributed by atoms with van der Waals surface area (Å²) in [4.78, 5) is 44.2. The number of anilines is 2. The van der Waals surface area contributed by atoms with Gasteiger partial charge in [0.2, 0.25) is 17.7 Å². The Labute approximate surface area is 209 Å². The molecule has 2 amide bonds. The Morgan fingerprint density at radius 2 is 1.92 bits per heavy atom. The molecule has 36 heavy (non-hydrogen) atoms. The number of rotatable bonds is 7. The zero-order valence-electron chi connectivity index (χ0n) is 19.1.